The monoisotopic (exact) mass is 631 g/mol. The van der Waals surface area contributed by atoms with Gasteiger partial charge in [0.2, 0.25) is 0 Å². The van der Waals surface area contributed by atoms with Crippen LogP contribution in [0.4, 0.5) is 0 Å². The zero-order valence-corrected chi connectivity index (χ0v) is 26.8. The van der Waals surface area contributed by atoms with E-state index < -0.39 is 94.9 Å². The summed E-state index contributed by atoms with van der Waals surface area (Å²) in [5, 5.41) is 0. The van der Waals surface area contributed by atoms with Gasteiger partial charge in [0.25, 0.3) is 6.29 Å². The molecule has 13 nitrogen and oxygen atoms in total. The first-order valence-corrected chi connectivity index (χ1v) is 15.2. The van der Waals surface area contributed by atoms with E-state index in [-0.39, 0.29) is 24.8 Å². The van der Waals surface area contributed by atoms with Gasteiger partial charge < -0.3 is 33.2 Å². The van der Waals surface area contributed by atoms with Crippen molar-refractivity contribution in [3.63, 3.8) is 0 Å². The van der Waals surface area contributed by atoms with Gasteiger partial charge in [-0.3, -0.25) is 28.9 Å². The molecule has 0 amide bonds. The standard InChI is InChI=1S/C32H41NO12/c1-13-22-26(40-9)24-27-30(22,10-19(25(13)33(27)7)29(42-15(3)35)43-16(4)36)20-11-31(44-17(5)37)21(39-8)12-32(24,45-18(6)38)23(20)28(31)41-14(2)34/h10,20-29H,1,11-12H2,2-9H3/t20-,21+,22+,23-,24+,25?,26-,27-,28-,30+,31+,32-/m1/s1. The van der Waals surface area contributed by atoms with E-state index in [0.717, 1.165) is 5.57 Å². The van der Waals surface area contributed by atoms with E-state index in [2.05, 4.69) is 11.5 Å². The second-order valence-corrected chi connectivity index (χ2v) is 13.4. The molecule has 2 heterocycles. The number of hydrogen-bond donors (Lipinski definition) is 0. The predicted octanol–water partition coefficient (Wildman–Crippen LogP) is 1.47. The van der Waals surface area contributed by atoms with Gasteiger partial charge in [0, 0.05) is 90.0 Å². The fourth-order valence-corrected chi connectivity index (χ4v) is 10.9. The van der Waals surface area contributed by atoms with E-state index in [0.29, 0.717) is 5.57 Å². The van der Waals surface area contributed by atoms with Crippen LogP contribution in [0.25, 0.3) is 0 Å². The van der Waals surface area contributed by atoms with Crippen LogP contribution in [-0.2, 0) is 57.1 Å². The Bertz CT molecular complexity index is 1390. The normalized spacial score (nSPS) is 43.4. The number of rotatable bonds is 8. The van der Waals surface area contributed by atoms with Crippen molar-refractivity contribution in [1.82, 2.24) is 4.90 Å². The van der Waals surface area contributed by atoms with Crippen LogP contribution in [0.1, 0.15) is 47.5 Å². The molecular weight excluding hydrogens is 590 g/mol. The number of hydrogen-bond acceptors (Lipinski definition) is 13. The Balaban J connectivity index is 1.67. The van der Waals surface area contributed by atoms with Crippen LogP contribution in [0.2, 0.25) is 0 Å². The minimum atomic E-state index is -1.39. The Kier molecular flexibility index (Phi) is 7.30. The van der Waals surface area contributed by atoms with E-state index in [1.165, 1.54) is 41.7 Å². The molecule has 45 heavy (non-hydrogen) atoms. The Hall–Kier alpha value is -3.29. The van der Waals surface area contributed by atoms with Crippen LogP contribution in [0, 0.1) is 29.1 Å². The molecule has 1 saturated heterocycles. The lowest BCUT2D eigenvalue weighted by atomic mass is 9.47. The van der Waals surface area contributed by atoms with Gasteiger partial charge in [0.1, 0.15) is 11.7 Å². The number of nitrogens with zero attached hydrogens (tertiary/aromatic N) is 1. The summed E-state index contributed by atoms with van der Waals surface area (Å²) in [6.45, 7) is 10.9. The van der Waals surface area contributed by atoms with Gasteiger partial charge in [-0.1, -0.05) is 12.7 Å². The number of piperidine rings is 1. The molecule has 5 fully saturated rings. The van der Waals surface area contributed by atoms with Gasteiger partial charge in [-0.05, 0) is 25.0 Å². The molecule has 7 rings (SSSR count). The molecule has 1 spiro atoms. The molecule has 0 aromatic rings. The van der Waals surface area contributed by atoms with Crippen molar-refractivity contribution < 1.29 is 57.1 Å². The third kappa shape index (κ3) is 3.99. The lowest BCUT2D eigenvalue weighted by Gasteiger charge is -2.65. The molecule has 13 heteroatoms. The molecule has 0 N–H and O–H groups in total. The van der Waals surface area contributed by atoms with E-state index >= 15 is 0 Å². The molecule has 12 atom stereocenters. The minimum Gasteiger partial charge on any atom is -0.458 e. The van der Waals surface area contributed by atoms with Gasteiger partial charge in [0.15, 0.2) is 11.7 Å². The van der Waals surface area contributed by atoms with Crippen LogP contribution in [0.15, 0.2) is 23.8 Å². The minimum absolute atomic E-state index is 0.171. The second-order valence-electron chi connectivity index (χ2n) is 13.4. The fourth-order valence-electron chi connectivity index (χ4n) is 10.9. The van der Waals surface area contributed by atoms with E-state index in [9.17, 15) is 24.0 Å². The van der Waals surface area contributed by atoms with Gasteiger partial charge in [-0.15, -0.1) is 0 Å². The van der Waals surface area contributed by atoms with Crippen molar-refractivity contribution in [2.24, 2.45) is 29.1 Å². The number of esters is 5. The summed E-state index contributed by atoms with van der Waals surface area (Å²) in [5.74, 6) is -4.81. The van der Waals surface area contributed by atoms with Gasteiger partial charge in [-0.2, -0.15) is 0 Å². The van der Waals surface area contributed by atoms with Crippen molar-refractivity contribution in [2.45, 2.75) is 95.3 Å². The molecule has 7 bridgehead atoms. The van der Waals surface area contributed by atoms with Crippen LogP contribution in [-0.4, -0.2) is 104 Å². The number of carbonyl (C=O) groups is 5. The lowest BCUT2D eigenvalue weighted by Crippen LogP contribution is -2.75. The Morgan fingerprint density at radius 2 is 1.44 bits per heavy atom. The summed E-state index contributed by atoms with van der Waals surface area (Å²) < 4.78 is 42.2. The Labute approximate surface area is 261 Å². The van der Waals surface area contributed by atoms with E-state index in [1.54, 1.807) is 7.11 Å². The maximum atomic E-state index is 13.0. The highest BCUT2D eigenvalue weighted by molar-refractivity contribution is 5.71. The molecule has 7 aliphatic rings. The second kappa shape index (κ2) is 10.4. The summed E-state index contributed by atoms with van der Waals surface area (Å²) in [4.78, 5) is 65.1. The summed E-state index contributed by atoms with van der Waals surface area (Å²) >= 11 is 0. The molecule has 246 valence electrons. The summed E-state index contributed by atoms with van der Waals surface area (Å²) in [7, 11) is 5.03. The van der Waals surface area contributed by atoms with Crippen LogP contribution < -0.4 is 0 Å². The van der Waals surface area contributed by atoms with Crippen molar-refractivity contribution in [3.05, 3.63) is 23.8 Å². The third-order valence-electron chi connectivity index (χ3n) is 11.3. The lowest BCUT2D eigenvalue weighted by molar-refractivity contribution is -0.273. The molecule has 4 saturated carbocycles. The molecule has 5 aliphatic carbocycles. The molecule has 1 unspecified atom stereocenters. The highest BCUT2D eigenvalue weighted by Gasteiger charge is 2.88. The fraction of sp³-hybridized carbons (Fsp3) is 0.719. The summed E-state index contributed by atoms with van der Waals surface area (Å²) in [5.41, 5.74) is -2.18. The first-order valence-electron chi connectivity index (χ1n) is 15.2. The van der Waals surface area contributed by atoms with E-state index in [4.69, 9.17) is 33.2 Å². The maximum absolute atomic E-state index is 13.0. The molecular formula is C32H41NO12. The van der Waals surface area contributed by atoms with Crippen molar-refractivity contribution >= 4 is 29.8 Å². The van der Waals surface area contributed by atoms with Crippen molar-refractivity contribution in [3.8, 4) is 0 Å². The van der Waals surface area contributed by atoms with Crippen molar-refractivity contribution in [2.75, 3.05) is 21.3 Å². The maximum Gasteiger partial charge on any atom is 0.305 e. The predicted molar refractivity (Wildman–Crippen MR) is 152 cm³/mol. The number of methoxy groups -OCH3 is 2. The Morgan fingerprint density at radius 3 is 1.96 bits per heavy atom. The number of fused-ring (bicyclic) bond motifs is 2. The zero-order valence-electron chi connectivity index (χ0n) is 26.8. The number of carbonyl (C=O) groups excluding carboxylic acids is 5. The summed E-state index contributed by atoms with van der Waals surface area (Å²) in [6, 6.07) is -0.799. The molecule has 0 aromatic carbocycles. The Morgan fingerprint density at radius 1 is 0.844 bits per heavy atom. The highest BCUT2D eigenvalue weighted by Crippen LogP contribution is 2.79. The van der Waals surface area contributed by atoms with Crippen LogP contribution >= 0.6 is 0 Å². The average Bonchev–Trinajstić information content (AvgIpc) is 3.32. The van der Waals surface area contributed by atoms with Gasteiger partial charge in [0.05, 0.1) is 12.1 Å². The zero-order chi connectivity index (χ0) is 33.0. The summed E-state index contributed by atoms with van der Waals surface area (Å²) in [6.07, 6.45) is -1.23. The first kappa shape index (κ1) is 31.7. The highest BCUT2D eigenvalue weighted by atomic mass is 16.7. The van der Waals surface area contributed by atoms with Crippen LogP contribution in [0.3, 0.4) is 0 Å². The number of likely N-dealkylation sites (N-methyl/N-ethyl adjacent to an activating group) is 1. The largest absolute Gasteiger partial charge is 0.458 e. The van der Waals surface area contributed by atoms with Crippen molar-refractivity contribution in [1.29, 1.82) is 0 Å². The van der Waals surface area contributed by atoms with Crippen LogP contribution in [0.5, 0.6) is 0 Å². The molecule has 0 aromatic heterocycles. The molecule has 2 aliphatic heterocycles. The van der Waals surface area contributed by atoms with E-state index in [1.807, 2.05) is 13.1 Å². The third-order valence-corrected chi connectivity index (χ3v) is 11.3. The topological polar surface area (TPSA) is 153 Å². The van der Waals surface area contributed by atoms with Gasteiger partial charge in [-0.25, -0.2) is 0 Å². The molecule has 0 radical (unpaired) electrons. The first-order chi connectivity index (χ1) is 21.1. The number of ether oxygens (including phenoxy) is 7. The quantitative estimate of drug-likeness (QED) is 0.165. The van der Waals surface area contributed by atoms with Gasteiger partial charge >= 0.3 is 29.8 Å². The SMILES string of the molecule is C=C1C2C(C(OC(C)=O)OC(C)=O)=C[C@]34[C@@H]5C[C@]6(OC(C)=O)[C@@H](OC)C[C@@](OC(C)=O)([C@H]5[C@H]6OC(C)=O)[C@@H]([C@H](OC)[C@H]13)[C@H]4N2C. The smallest absolute Gasteiger partial charge is 0.305 e. The average molecular weight is 632 g/mol.